The molecule has 2 aromatic rings. The molecule has 0 spiro atoms. The van der Waals surface area contributed by atoms with Crippen molar-refractivity contribution in [3.63, 3.8) is 0 Å². The van der Waals surface area contributed by atoms with Gasteiger partial charge in [-0.1, -0.05) is 18.2 Å². The van der Waals surface area contributed by atoms with Gasteiger partial charge in [0.25, 0.3) is 0 Å². The van der Waals surface area contributed by atoms with Crippen LogP contribution in [0.4, 0.5) is 10.5 Å². The third kappa shape index (κ3) is 7.04. The number of hydrogen-bond acceptors (Lipinski definition) is 5. The number of ether oxygens (including phenoxy) is 2. The number of carbonyl (C=O) groups excluding carboxylic acids is 2. The smallest absolute Gasteiger partial charge is 0.344 e. The second kappa shape index (κ2) is 9.83. The van der Waals surface area contributed by atoms with E-state index in [1.54, 1.807) is 50.2 Å². The zero-order valence-electron chi connectivity index (χ0n) is 14.6. The van der Waals surface area contributed by atoms with Crippen LogP contribution in [-0.4, -0.2) is 30.9 Å². The number of hydrogen-bond donors (Lipinski definition) is 2. The highest BCUT2D eigenvalue weighted by molar-refractivity contribution is 5.90. The number of urea groups is 1. The molecule has 26 heavy (non-hydrogen) atoms. The van der Waals surface area contributed by atoms with E-state index in [0.717, 1.165) is 5.56 Å². The van der Waals surface area contributed by atoms with Gasteiger partial charge in [0.05, 0.1) is 12.3 Å². The van der Waals surface area contributed by atoms with E-state index in [0.29, 0.717) is 11.4 Å². The summed E-state index contributed by atoms with van der Waals surface area (Å²) in [6.45, 7) is 3.41. The Morgan fingerprint density at radius 1 is 1.08 bits per heavy atom. The van der Waals surface area contributed by atoms with E-state index >= 15 is 0 Å². The average Bonchev–Trinajstić information content (AvgIpc) is 2.61. The summed E-state index contributed by atoms with van der Waals surface area (Å²) < 4.78 is 10.3. The van der Waals surface area contributed by atoms with Crippen LogP contribution in [-0.2, 0) is 9.53 Å². The normalized spacial score (nSPS) is 10.6. The molecule has 2 N–H and O–H groups in total. The summed E-state index contributed by atoms with van der Waals surface area (Å²) >= 11 is 0. The first-order valence-corrected chi connectivity index (χ1v) is 8.10. The highest BCUT2D eigenvalue weighted by Gasteiger charge is 2.06. The fourth-order valence-corrected chi connectivity index (χ4v) is 1.94. The van der Waals surface area contributed by atoms with Crippen LogP contribution in [0, 0.1) is 0 Å². The first kappa shape index (κ1) is 19.0. The number of nitrogens with zero attached hydrogens (tertiary/aromatic N) is 1. The average molecular weight is 355 g/mol. The van der Waals surface area contributed by atoms with Crippen LogP contribution in [0.15, 0.2) is 59.7 Å². The number of anilines is 1. The molecule has 0 bridgehead atoms. The number of nitrogens with one attached hydrogen (secondary N) is 2. The van der Waals surface area contributed by atoms with Gasteiger partial charge < -0.3 is 14.8 Å². The van der Waals surface area contributed by atoms with E-state index in [2.05, 4.69) is 15.8 Å². The van der Waals surface area contributed by atoms with Gasteiger partial charge in [0.1, 0.15) is 5.75 Å². The maximum atomic E-state index is 11.7. The lowest BCUT2D eigenvalue weighted by atomic mass is 10.2. The molecular formula is C19H21N3O4. The lowest BCUT2D eigenvalue weighted by molar-refractivity contribution is -0.149. The molecule has 0 aliphatic carbocycles. The minimum absolute atomic E-state index is 0.146. The quantitative estimate of drug-likeness (QED) is 0.453. The fraction of sp³-hybridized carbons (Fsp3) is 0.211. The van der Waals surface area contributed by atoms with E-state index in [-0.39, 0.29) is 12.7 Å². The molecule has 7 nitrogen and oxygen atoms in total. The monoisotopic (exact) mass is 355 g/mol. The Morgan fingerprint density at radius 2 is 1.77 bits per heavy atom. The number of amides is 2. The summed E-state index contributed by atoms with van der Waals surface area (Å²) in [5.41, 5.74) is 3.82. The molecule has 0 unspecified atom stereocenters. The summed E-state index contributed by atoms with van der Waals surface area (Å²) in [6.07, 6.45) is 1.33. The number of carbonyl (C=O) groups is 2. The third-order valence-electron chi connectivity index (χ3n) is 3.02. The first-order valence-electron chi connectivity index (χ1n) is 8.10. The van der Waals surface area contributed by atoms with E-state index in [1.807, 2.05) is 18.2 Å². The molecule has 0 heterocycles. The Kier molecular flexibility index (Phi) is 7.17. The van der Waals surface area contributed by atoms with Crippen molar-refractivity contribution in [3.05, 3.63) is 60.2 Å². The maximum absolute atomic E-state index is 11.7. The van der Waals surface area contributed by atoms with Gasteiger partial charge in [-0.05, 0) is 55.8 Å². The summed E-state index contributed by atoms with van der Waals surface area (Å²) in [4.78, 5) is 23.1. The molecule has 136 valence electrons. The van der Waals surface area contributed by atoms with Crippen LogP contribution in [0.3, 0.4) is 0 Å². The van der Waals surface area contributed by atoms with Crippen LogP contribution >= 0.6 is 0 Å². The Balaban J connectivity index is 1.76. The van der Waals surface area contributed by atoms with Gasteiger partial charge in [-0.3, -0.25) is 0 Å². The van der Waals surface area contributed by atoms with Crippen LogP contribution in [0.5, 0.6) is 5.75 Å². The molecule has 0 aromatic heterocycles. The van der Waals surface area contributed by atoms with Crippen molar-refractivity contribution < 1.29 is 19.1 Å². The summed E-state index contributed by atoms with van der Waals surface area (Å²) in [5.74, 6) is 0.122. The highest BCUT2D eigenvalue weighted by atomic mass is 16.6. The molecule has 0 saturated carbocycles. The Bertz CT molecular complexity index is 743. The topological polar surface area (TPSA) is 89.0 Å². The second-order valence-corrected chi connectivity index (χ2v) is 5.59. The van der Waals surface area contributed by atoms with Crippen molar-refractivity contribution in [2.75, 3.05) is 11.9 Å². The molecule has 0 aliphatic rings. The van der Waals surface area contributed by atoms with Crippen LogP contribution < -0.4 is 15.5 Å². The fourth-order valence-electron chi connectivity index (χ4n) is 1.94. The molecule has 2 aromatic carbocycles. The van der Waals surface area contributed by atoms with Crippen LogP contribution in [0.2, 0.25) is 0 Å². The Labute approximate surface area is 152 Å². The van der Waals surface area contributed by atoms with E-state index < -0.39 is 12.0 Å². The van der Waals surface area contributed by atoms with Gasteiger partial charge in [0.15, 0.2) is 6.61 Å². The standard InChI is InChI=1S/C19H21N3O4/c1-14(2)26-18(23)13-25-17-10-8-15(9-11-17)12-20-22-19(24)21-16-6-4-3-5-7-16/h3-12,14H,13H2,1-2H3,(H2,21,22,24)/b20-12+. The van der Waals surface area contributed by atoms with Crippen molar-refractivity contribution in [2.45, 2.75) is 20.0 Å². The van der Waals surface area contributed by atoms with Gasteiger partial charge in [0.2, 0.25) is 0 Å². The molecule has 0 saturated heterocycles. The van der Waals surface area contributed by atoms with E-state index in [4.69, 9.17) is 9.47 Å². The number of esters is 1. The van der Waals surface area contributed by atoms with Crippen LogP contribution in [0.25, 0.3) is 0 Å². The molecule has 0 radical (unpaired) electrons. The zero-order chi connectivity index (χ0) is 18.8. The lowest BCUT2D eigenvalue weighted by Gasteiger charge is -2.09. The predicted octanol–water partition coefficient (Wildman–Crippen LogP) is 3.17. The van der Waals surface area contributed by atoms with Crippen molar-refractivity contribution in [3.8, 4) is 5.75 Å². The number of rotatable bonds is 7. The molecule has 0 fully saturated rings. The van der Waals surface area contributed by atoms with Gasteiger partial charge in [0, 0.05) is 5.69 Å². The molecule has 0 aliphatic heterocycles. The Hall–Kier alpha value is -3.35. The van der Waals surface area contributed by atoms with Crippen molar-refractivity contribution in [2.24, 2.45) is 5.10 Å². The summed E-state index contributed by atoms with van der Waals surface area (Å²) in [5, 5.41) is 6.52. The summed E-state index contributed by atoms with van der Waals surface area (Å²) in [6, 6.07) is 15.5. The minimum Gasteiger partial charge on any atom is -0.482 e. The van der Waals surface area contributed by atoms with E-state index in [1.165, 1.54) is 6.21 Å². The highest BCUT2D eigenvalue weighted by Crippen LogP contribution is 2.11. The molecule has 0 atom stereocenters. The molecular weight excluding hydrogens is 334 g/mol. The predicted molar refractivity (Wildman–Crippen MR) is 99.4 cm³/mol. The van der Waals surface area contributed by atoms with Crippen molar-refractivity contribution in [1.29, 1.82) is 0 Å². The van der Waals surface area contributed by atoms with Gasteiger partial charge in [-0.2, -0.15) is 5.10 Å². The molecule has 7 heteroatoms. The van der Waals surface area contributed by atoms with Gasteiger partial charge in [-0.15, -0.1) is 0 Å². The first-order chi connectivity index (χ1) is 12.5. The SMILES string of the molecule is CC(C)OC(=O)COc1ccc(/C=N/NC(=O)Nc2ccccc2)cc1. The zero-order valence-corrected chi connectivity index (χ0v) is 14.6. The van der Waals surface area contributed by atoms with Gasteiger partial charge in [-0.25, -0.2) is 15.0 Å². The number of hydrazone groups is 1. The molecule has 2 rings (SSSR count). The minimum atomic E-state index is -0.434. The van der Waals surface area contributed by atoms with Gasteiger partial charge >= 0.3 is 12.0 Å². The van der Waals surface area contributed by atoms with Crippen LogP contribution in [0.1, 0.15) is 19.4 Å². The summed E-state index contributed by atoms with van der Waals surface area (Å²) in [7, 11) is 0. The van der Waals surface area contributed by atoms with Crippen molar-refractivity contribution >= 4 is 23.9 Å². The lowest BCUT2D eigenvalue weighted by Crippen LogP contribution is -2.24. The Morgan fingerprint density at radius 3 is 2.42 bits per heavy atom. The largest absolute Gasteiger partial charge is 0.482 e. The van der Waals surface area contributed by atoms with Crippen molar-refractivity contribution in [1.82, 2.24) is 5.43 Å². The third-order valence-corrected chi connectivity index (χ3v) is 3.02. The van der Waals surface area contributed by atoms with E-state index in [9.17, 15) is 9.59 Å². The molecule has 2 amide bonds. The number of para-hydroxylation sites is 1. The number of benzene rings is 2. The second-order valence-electron chi connectivity index (χ2n) is 5.59. The maximum Gasteiger partial charge on any atom is 0.344 e.